The molecule has 0 amide bonds. The van der Waals surface area contributed by atoms with Gasteiger partial charge in [0, 0.05) is 31.0 Å². The molecule has 0 unspecified atom stereocenters. The van der Waals surface area contributed by atoms with Gasteiger partial charge in [0.25, 0.3) is 0 Å². The first-order valence-electron chi connectivity index (χ1n) is 5.76. The van der Waals surface area contributed by atoms with Crippen molar-refractivity contribution in [1.82, 2.24) is 4.98 Å². The van der Waals surface area contributed by atoms with Crippen LogP contribution in [-0.2, 0) is 6.54 Å². The monoisotopic (exact) mass is 275 g/mol. The Hall–Kier alpha value is -2.01. The highest BCUT2D eigenvalue weighted by Gasteiger charge is 2.04. The molecule has 0 saturated carbocycles. The molecule has 98 valence electrons. The Bertz CT molecular complexity index is 583. The van der Waals surface area contributed by atoms with Crippen molar-refractivity contribution >= 4 is 22.9 Å². The van der Waals surface area contributed by atoms with E-state index in [0.717, 1.165) is 16.8 Å². The van der Waals surface area contributed by atoms with Crippen LogP contribution in [0.5, 0.6) is 0 Å². The van der Waals surface area contributed by atoms with Crippen LogP contribution in [0.2, 0.25) is 0 Å². The van der Waals surface area contributed by atoms with Crippen molar-refractivity contribution in [1.29, 1.82) is 0 Å². The minimum Gasteiger partial charge on any atom is -0.389 e. The highest BCUT2D eigenvalue weighted by atomic mass is 32.1. The fraction of sp³-hybridized carbons (Fsp3) is 0.143. The molecule has 19 heavy (non-hydrogen) atoms. The van der Waals surface area contributed by atoms with E-state index in [2.05, 4.69) is 4.98 Å². The lowest BCUT2D eigenvalue weighted by Gasteiger charge is -2.19. The summed E-state index contributed by atoms with van der Waals surface area (Å²) >= 11 is 4.90. The van der Waals surface area contributed by atoms with E-state index in [1.165, 1.54) is 12.3 Å². The normalized spacial score (nSPS) is 10.2. The summed E-state index contributed by atoms with van der Waals surface area (Å²) in [6.45, 7) is 0.581. The number of thiocarbonyl (C=S) groups is 1. The van der Waals surface area contributed by atoms with E-state index in [4.69, 9.17) is 18.0 Å². The van der Waals surface area contributed by atoms with Crippen LogP contribution >= 0.6 is 12.2 Å². The lowest BCUT2D eigenvalue weighted by molar-refractivity contribution is 0.618. The van der Waals surface area contributed by atoms with Crippen molar-refractivity contribution < 1.29 is 4.39 Å². The van der Waals surface area contributed by atoms with Gasteiger partial charge in [-0.25, -0.2) is 4.39 Å². The molecule has 0 atom stereocenters. The predicted octanol–water partition coefficient (Wildman–Crippen LogP) is 2.49. The van der Waals surface area contributed by atoms with Crippen LogP contribution in [0.15, 0.2) is 42.7 Å². The summed E-state index contributed by atoms with van der Waals surface area (Å²) in [5, 5.41) is 0. The van der Waals surface area contributed by atoms with Gasteiger partial charge in [-0.1, -0.05) is 12.2 Å². The molecule has 0 aliphatic heterocycles. The zero-order chi connectivity index (χ0) is 13.8. The average Bonchev–Trinajstić information content (AvgIpc) is 2.39. The number of nitrogens with two attached hydrogens (primary N) is 1. The van der Waals surface area contributed by atoms with Crippen molar-refractivity contribution in [3.8, 4) is 0 Å². The lowest BCUT2D eigenvalue weighted by Crippen LogP contribution is -2.17. The zero-order valence-electron chi connectivity index (χ0n) is 10.5. The van der Waals surface area contributed by atoms with Crippen LogP contribution in [0.25, 0.3) is 0 Å². The standard InChI is InChI=1S/C14H14FN3S/c1-18(9-10-6-12(15)8-17-7-10)13-4-2-11(3-5-13)14(16)19/h2-8H,9H2,1H3,(H2,16,19). The van der Waals surface area contributed by atoms with Gasteiger partial charge in [0.1, 0.15) is 10.8 Å². The average molecular weight is 275 g/mol. The van der Waals surface area contributed by atoms with E-state index in [-0.39, 0.29) is 5.82 Å². The molecule has 0 aliphatic rings. The number of benzene rings is 1. The fourth-order valence-electron chi connectivity index (χ4n) is 1.79. The molecule has 2 rings (SSSR count). The van der Waals surface area contributed by atoms with Crippen molar-refractivity contribution in [2.45, 2.75) is 6.54 Å². The minimum atomic E-state index is -0.324. The zero-order valence-corrected chi connectivity index (χ0v) is 11.3. The quantitative estimate of drug-likeness (QED) is 0.871. The van der Waals surface area contributed by atoms with Gasteiger partial charge in [0.2, 0.25) is 0 Å². The van der Waals surface area contributed by atoms with Crippen LogP contribution in [0, 0.1) is 5.82 Å². The van der Waals surface area contributed by atoms with Crippen LogP contribution in [0.1, 0.15) is 11.1 Å². The van der Waals surface area contributed by atoms with E-state index >= 15 is 0 Å². The maximum atomic E-state index is 13.1. The summed E-state index contributed by atoms with van der Waals surface area (Å²) in [5.41, 5.74) is 8.21. The van der Waals surface area contributed by atoms with E-state index in [0.29, 0.717) is 11.5 Å². The summed E-state index contributed by atoms with van der Waals surface area (Å²) in [7, 11) is 1.93. The fourth-order valence-corrected chi connectivity index (χ4v) is 1.92. The second-order valence-electron chi connectivity index (χ2n) is 4.28. The predicted molar refractivity (Wildman–Crippen MR) is 78.6 cm³/mol. The molecular weight excluding hydrogens is 261 g/mol. The second-order valence-corrected chi connectivity index (χ2v) is 4.72. The van der Waals surface area contributed by atoms with E-state index in [9.17, 15) is 4.39 Å². The van der Waals surface area contributed by atoms with Gasteiger partial charge in [-0.15, -0.1) is 0 Å². The van der Waals surface area contributed by atoms with Crippen LogP contribution in [-0.4, -0.2) is 17.0 Å². The van der Waals surface area contributed by atoms with Gasteiger partial charge in [-0.2, -0.15) is 0 Å². The molecule has 0 fully saturated rings. The Morgan fingerprint density at radius 3 is 2.58 bits per heavy atom. The Kier molecular flexibility index (Phi) is 4.06. The summed E-state index contributed by atoms with van der Waals surface area (Å²) in [5.74, 6) is -0.324. The molecule has 1 heterocycles. The summed E-state index contributed by atoms with van der Waals surface area (Å²) in [4.78, 5) is 6.21. The third-order valence-electron chi connectivity index (χ3n) is 2.77. The van der Waals surface area contributed by atoms with Gasteiger partial charge in [0.15, 0.2) is 0 Å². The van der Waals surface area contributed by atoms with E-state index in [1.807, 2.05) is 36.2 Å². The molecule has 5 heteroatoms. The Balaban J connectivity index is 2.11. The Morgan fingerprint density at radius 1 is 1.32 bits per heavy atom. The number of hydrogen-bond donors (Lipinski definition) is 1. The van der Waals surface area contributed by atoms with Crippen LogP contribution in [0.3, 0.4) is 0 Å². The lowest BCUT2D eigenvalue weighted by atomic mass is 10.2. The molecule has 3 nitrogen and oxygen atoms in total. The second kappa shape index (κ2) is 5.75. The van der Waals surface area contributed by atoms with Crippen molar-refractivity contribution in [3.05, 3.63) is 59.7 Å². The Labute approximate surface area is 116 Å². The molecule has 0 aliphatic carbocycles. The maximum Gasteiger partial charge on any atom is 0.141 e. The highest BCUT2D eigenvalue weighted by molar-refractivity contribution is 7.80. The van der Waals surface area contributed by atoms with Crippen molar-refractivity contribution in [2.75, 3.05) is 11.9 Å². The summed E-state index contributed by atoms with van der Waals surface area (Å²) in [6, 6.07) is 9.09. The molecule has 0 radical (unpaired) electrons. The molecule has 2 aromatic rings. The van der Waals surface area contributed by atoms with E-state index in [1.54, 1.807) is 6.20 Å². The number of pyridine rings is 1. The largest absolute Gasteiger partial charge is 0.389 e. The van der Waals surface area contributed by atoms with Crippen LogP contribution in [0.4, 0.5) is 10.1 Å². The number of hydrogen-bond acceptors (Lipinski definition) is 3. The summed E-state index contributed by atoms with van der Waals surface area (Å²) in [6.07, 6.45) is 2.85. The molecule has 1 aromatic heterocycles. The van der Waals surface area contributed by atoms with Gasteiger partial charge >= 0.3 is 0 Å². The molecule has 2 N–H and O–H groups in total. The summed E-state index contributed by atoms with van der Waals surface area (Å²) < 4.78 is 13.1. The molecule has 0 saturated heterocycles. The first-order valence-corrected chi connectivity index (χ1v) is 6.17. The third-order valence-corrected chi connectivity index (χ3v) is 3.01. The van der Waals surface area contributed by atoms with Gasteiger partial charge in [-0.3, -0.25) is 4.98 Å². The highest BCUT2D eigenvalue weighted by Crippen LogP contribution is 2.16. The topological polar surface area (TPSA) is 42.2 Å². The molecule has 0 spiro atoms. The van der Waals surface area contributed by atoms with E-state index < -0.39 is 0 Å². The first kappa shape index (κ1) is 13.4. The van der Waals surface area contributed by atoms with Crippen LogP contribution < -0.4 is 10.6 Å². The maximum absolute atomic E-state index is 13.1. The Morgan fingerprint density at radius 2 is 2.00 bits per heavy atom. The molecular formula is C14H14FN3S. The SMILES string of the molecule is CN(Cc1cncc(F)c1)c1ccc(C(N)=S)cc1. The number of halogens is 1. The van der Waals surface area contributed by atoms with Crippen molar-refractivity contribution in [2.24, 2.45) is 5.73 Å². The minimum absolute atomic E-state index is 0.324. The number of anilines is 1. The van der Waals surface area contributed by atoms with Gasteiger partial charge in [-0.05, 0) is 35.9 Å². The molecule has 1 aromatic carbocycles. The smallest absolute Gasteiger partial charge is 0.141 e. The third kappa shape index (κ3) is 3.48. The number of nitrogens with zero attached hydrogens (tertiary/aromatic N) is 2. The van der Waals surface area contributed by atoms with Crippen molar-refractivity contribution in [3.63, 3.8) is 0 Å². The first-order chi connectivity index (χ1) is 9.06. The van der Waals surface area contributed by atoms with Gasteiger partial charge in [0.05, 0.1) is 6.20 Å². The number of aromatic nitrogens is 1. The molecule has 0 bridgehead atoms. The number of rotatable bonds is 4. The van der Waals surface area contributed by atoms with Gasteiger partial charge < -0.3 is 10.6 Å².